The largest absolute Gasteiger partial charge is 0.330 e. The van der Waals surface area contributed by atoms with E-state index in [1.54, 1.807) is 4.88 Å². The number of aryl methyl sites for hydroxylation is 2. The highest BCUT2D eigenvalue weighted by molar-refractivity contribution is 7.11. The van der Waals surface area contributed by atoms with E-state index in [1.165, 1.54) is 43.4 Å². The first-order valence-corrected chi connectivity index (χ1v) is 6.46. The third-order valence-corrected chi connectivity index (χ3v) is 3.73. The minimum absolute atomic E-state index is 0.846. The molecule has 80 valence electrons. The monoisotopic (exact) mass is 211 g/mol. The molecule has 0 aliphatic heterocycles. The maximum absolute atomic E-state index is 5.45. The Morgan fingerprint density at radius 1 is 1.07 bits per heavy atom. The van der Waals surface area contributed by atoms with Gasteiger partial charge in [0.25, 0.3) is 0 Å². The zero-order valence-electron chi connectivity index (χ0n) is 9.09. The highest BCUT2D eigenvalue weighted by Gasteiger charge is 1.98. The zero-order chi connectivity index (χ0) is 10.2. The predicted molar refractivity (Wildman–Crippen MR) is 64.9 cm³/mol. The second-order valence-electron chi connectivity index (χ2n) is 3.67. The van der Waals surface area contributed by atoms with Crippen molar-refractivity contribution in [3.05, 3.63) is 21.9 Å². The van der Waals surface area contributed by atoms with Crippen LogP contribution in [0.1, 0.15) is 42.4 Å². The summed E-state index contributed by atoms with van der Waals surface area (Å²) >= 11 is 1.97. The van der Waals surface area contributed by atoms with Gasteiger partial charge in [0, 0.05) is 9.75 Å². The zero-order valence-corrected chi connectivity index (χ0v) is 9.91. The molecule has 0 spiro atoms. The number of rotatable bonds is 7. The Kier molecular flexibility index (Phi) is 5.88. The fourth-order valence-electron chi connectivity index (χ4n) is 1.54. The highest BCUT2D eigenvalue weighted by Crippen LogP contribution is 2.19. The standard InChI is InChI=1S/C12H21NS/c1-2-11-8-9-12(14-11)7-5-3-4-6-10-13/h8-9H,2-7,10,13H2,1H3. The van der Waals surface area contributed by atoms with Crippen molar-refractivity contribution in [2.75, 3.05) is 6.54 Å². The maximum Gasteiger partial charge on any atom is 0.00481 e. The van der Waals surface area contributed by atoms with Crippen LogP contribution in [-0.4, -0.2) is 6.54 Å². The molecule has 0 radical (unpaired) electrons. The van der Waals surface area contributed by atoms with Crippen LogP contribution in [0.3, 0.4) is 0 Å². The quantitative estimate of drug-likeness (QED) is 0.688. The Morgan fingerprint density at radius 2 is 1.79 bits per heavy atom. The van der Waals surface area contributed by atoms with E-state index in [1.807, 2.05) is 11.3 Å². The van der Waals surface area contributed by atoms with Gasteiger partial charge in [-0.1, -0.05) is 19.8 Å². The Balaban J connectivity index is 2.12. The molecule has 0 unspecified atom stereocenters. The van der Waals surface area contributed by atoms with E-state index >= 15 is 0 Å². The Hall–Kier alpha value is -0.340. The minimum Gasteiger partial charge on any atom is -0.330 e. The van der Waals surface area contributed by atoms with E-state index < -0.39 is 0 Å². The number of thiophene rings is 1. The molecule has 0 aromatic carbocycles. The number of hydrogen-bond donors (Lipinski definition) is 1. The first kappa shape index (κ1) is 11.7. The van der Waals surface area contributed by atoms with Gasteiger partial charge in [-0.25, -0.2) is 0 Å². The lowest BCUT2D eigenvalue weighted by molar-refractivity contribution is 0.649. The summed E-state index contributed by atoms with van der Waals surface area (Å²) in [7, 11) is 0. The van der Waals surface area contributed by atoms with Crippen LogP contribution < -0.4 is 5.73 Å². The van der Waals surface area contributed by atoms with Crippen LogP contribution in [0.15, 0.2) is 12.1 Å². The van der Waals surface area contributed by atoms with Crippen molar-refractivity contribution < 1.29 is 0 Å². The number of unbranched alkanes of at least 4 members (excludes halogenated alkanes) is 3. The molecule has 0 aliphatic carbocycles. The molecule has 0 atom stereocenters. The Bertz CT molecular complexity index is 242. The summed E-state index contributed by atoms with van der Waals surface area (Å²) in [5.74, 6) is 0. The lowest BCUT2D eigenvalue weighted by atomic mass is 10.1. The van der Waals surface area contributed by atoms with Crippen molar-refractivity contribution in [1.29, 1.82) is 0 Å². The molecule has 1 rings (SSSR count). The van der Waals surface area contributed by atoms with Crippen molar-refractivity contribution in [1.82, 2.24) is 0 Å². The average molecular weight is 211 g/mol. The van der Waals surface area contributed by atoms with Gasteiger partial charge in [0.1, 0.15) is 0 Å². The molecule has 0 aliphatic rings. The maximum atomic E-state index is 5.45. The SMILES string of the molecule is CCc1ccc(CCCCCCN)s1. The molecule has 0 amide bonds. The highest BCUT2D eigenvalue weighted by atomic mass is 32.1. The molecule has 0 fully saturated rings. The summed E-state index contributed by atoms with van der Waals surface area (Å²) < 4.78 is 0. The molecule has 1 aromatic heterocycles. The van der Waals surface area contributed by atoms with Gasteiger partial charge in [-0.05, 0) is 44.4 Å². The number of hydrogen-bond acceptors (Lipinski definition) is 2. The molecule has 1 nitrogen and oxygen atoms in total. The minimum atomic E-state index is 0.846. The topological polar surface area (TPSA) is 26.0 Å². The predicted octanol–water partition coefficient (Wildman–Crippen LogP) is 3.37. The van der Waals surface area contributed by atoms with Crippen molar-refractivity contribution in [2.24, 2.45) is 5.73 Å². The third kappa shape index (κ3) is 4.25. The molecule has 0 saturated heterocycles. The van der Waals surface area contributed by atoms with Gasteiger partial charge in [-0.15, -0.1) is 11.3 Å². The second kappa shape index (κ2) is 7.02. The van der Waals surface area contributed by atoms with Crippen LogP contribution in [-0.2, 0) is 12.8 Å². The molecule has 14 heavy (non-hydrogen) atoms. The van der Waals surface area contributed by atoms with Gasteiger partial charge in [0.2, 0.25) is 0 Å². The fraction of sp³-hybridized carbons (Fsp3) is 0.667. The van der Waals surface area contributed by atoms with Crippen molar-refractivity contribution >= 4 is 11.3 Å². The summed E-state index contributed by atoms with van der Waals surface area (Å²) in [6.45, 7) is 3.07. The lowest BCUT2D eigenvalue weighted by Gasteiger charge is -1.98. The lowest BCUT2D eigenvalue weighted by Crippen LogP contribution is -1.97. The molecule has 0 saturated carbocycles. The van der Waals surface area contributed by atoms with Crippen LogP contribution in [0.4, 0.5) is 0 Å². The van der Waals surface area contributed by atoms with Gasteiger partial charge < -0.3 is 5.73 Å². The molecule has 0 bridgehead atoms. The Morgan fingerprint density at radius 3 is 2.43 bits per heavy atom. The van der Waals surface area contributed by atoms with E-state index in [4.69, 9.17) is 5.73 Å². The van der Waals surface area contributed by atoms with Gasteiger partial charge in [0.05, 0.1) is 0 Å². The van der Waals surface area contributed by atoms with Crippen molar-refractivity contribution in [3.8, 4) is 0 Å². The van der Waals surface area contributed by atoms with E-state index in [9.17, 15) is 0 Å². The number of nitrogens with two attached hydrogens (primary N) is 1. The van der Waals surface area contributed by atoms with Crippen LogP contribution >= 0.6 is 11.3 Å². The van der Waals surface area contributed by atoms with Crippen LogP contribution in [0, 0.1) is 0 Å². The molecule has 1 aromatic rings. The third-order valence-electron chi connectivity index (χ3n) is 2.44. The van der Waals surface area contributed by atoms with Crippen molar-refractivity contribution in [3.63, 3.8) is 0 Å². The van der Waals surface area contributed by atoms with Gasteiger partial charge in [0.15, 0.2) is 0 Å². The summed E-state index contributed by atoms with van der Waals surface area (Å²) in [4.78, 5) is 3.07. The van der Waals surface area contributed by atoms with E-state index in [-0.39, 0.29) is 0 Å². The average Bonchev–Trinajstić information content (AvgIpc) is 2.65. The molecular formula is C12H21NS. The van der Waals surface area contributed by atoms with E-state index in [0.717, 1.165) is 6.54 Å². The van der Waals surface area contributed by atoms with Gasteiger partial charge in [-0.2, -0.15) is 0 Å². The van der Waals surface area contributed by atoms with E-state index in [2.05, 4.69) is 19.1 Å². The molecule has 2 heteroatoms. The first-order chi connectivity index (χ1) is 6.86. The van der Waals surface area contributed by atoms with Gasteiger partial charge in [-0.3, -0.25) is 0 Å². The normalized spacial score (nSPS) is 10.7. The van der Waals surface area contributed by atoms with E-state index in [0.29, 0.717) is 0 Å². The summed E-state index contributed by atoms with van der Waals surface area (Å²) in [6.07, 6.45) is 7.57. The van der Waals surface area contributed by atoms with Crippen LogP contribution in [0.25, 0.3) is 0 Å². The Labute approximate surface area is 91.3 Å². The molecular weight excluding hydrogens is 190 g/mol. The summed E-state index contributed by atoms with van der Waals surface area (Å²) in [6, 6.07) is 4.55. The first-order valence-electron chi connectivity index (χ1n) is 5.64. The smallest absolute Gasteiger partial charge is 0.00481 e. The van der Waals surface area contributed by atoms with Crippen LogP contribution in [0.2, 0.25) is 0 Å². The summed E-state index contributed by atoms with van der Waals surface area (Å²) in [5.41, 5.74) is 5.45. The summed E-state index contributed by atoms with van der Waals surface area (Å²) in [5, 5.41) is 0. The fourth-order valence-corrected chi connectivity index (χ4v) is 2.54. The van der Waals surface area contributed by atoms with Crippen molar-refractivity contribution in [2.45, 2.75) is 45.4 Å². The second-order valence-corrected chi connectivity index (χ2v) is 4.93. The van der Waals surface area contributed by atoms with Crippen LogP contribution in [0.5, 0.6) is 0 Å². The molecule has 1 heterocycles. The molecule has 2 N–H and O–H groups in total. The van der Waals surface area contributed by atoms with Gasteiger partial charge >= 0.3 is 0 Å².